The van der Waals surface area contributed by atoms with Crippen molar-refractivity contribution in [2.24, 2.45) is 0 Å². The van der Waals surface area contributed by atoms with Crippen LogP contribution in [0, 0.1) is 0 Å². The van der Waals surface area contributed by atoms with Crippen LogP contribution >= 0.6 is 0 Å². The topological polar surface area (TPSA) is 159 Å². The molecule has 2 rings (SSSR count). The smallest absolute Gasteiger partial charge is 0.344 e. The summed E-state index contributed by atoms with van der Waals surface area (Å²) in [5, 5.41) is 0. The van der Waals surface area contributed by atoms with Gasteiger partial charge < -0.3 is 37.9 Å². The van der Waals surface area contributed by atoms with Crippen LogP contribution in [0.15, 0.2) is 30.5 Å². The first-order valence-electron chi connectivity index (χ1n) is 12.0. The molecule has 1 aromatic rings. The lowest BCUT2D eigenvalue weighted by Gasteiger charge is -2.42. The second-order valence-electron chi connectivity index (χ2n) is 8.19. The molecule has 1 aliphatic heterocycles. The van der Waals surface area contributed by atoms with Crippen molar-refractivity contribution in [3.63, 3.8) is 0 Å². The van der Waals surface area contributed by atoms with Crippen molar-refractivity contribution in [2.75, 3.05) is 13.7 Å². The number of hydrogen-bond acceptors (Lipinski definition) is 13. The van der Waals surface area contributed by atoms with E-state index in [1.807, 2.05) is 13.0 Å². The van der Waals surface area contributed by atoms with Gasteiger partial charge in [-0.3, -0.25) is 19.2 Å². The largest absolute Gasteiger partial charge is 0.493 e. The highest BCUT2D eigenvalue weighted by molar-refractivity contribution is 5.78. The third-order valence-electron chi connectivity index (χ3n) is 5.08. The molecule has 1 aliphatic rings. The number of ether oxygens (including phenoxy) is 8. The van der Waals surface area contributed by atoms with Gasteiger partial charge in [0.05, 0.1) is 20.0 Å². The standard InChI is InChI=1S/C26H32O13/c1-7-33-19-11-10-18(13-20(19)32-6)9-8-12-34-25(31)23-21(35-14(2)27)22(36-15(3)28)24(37-16(4)29)26(39-23)38-17(5)30/h8,10-13,21-24,26H,7,9H2,1-6H3/b12-8+/t21-,22-,23-,24+,26+/m0/s1. The molecular weight excluding hydrogens is 520 g/mol. The number of benzene rings is 1. The third kappa shape index (κ3) is 9.28. The zero-order valence-electron chi connectivity index (χ0n) is 22.5. The van der Waals surface area contributed by atoms with Crippen molar-refractivity contribution in [3.05, 3.63) is 36.1 Å². The number of carbonyl (C=O) groups is 5. The maximum absolute atomic E-state index is 13.0. The predicted molar refractivity (Wildman–Crippen MR) is 130 cm³/mol. The fourth-order valence-electron chi connectivity index (χ4n) is 3.70. The summed E-state index contributed by atoms with van der Waals surface area (Å²) in [6.07, 6.45) is -5.13. The summed E-state index contributed by atoms with van der Waals surface area (Å²) in [5.41, 5.74) is 0.823. The molecule has 39 heavy (non-hydrogen) atoms. The molecule has 0 saturated carbocycles. The molecule has 0 N–H and O–H groups in total. The number of rotatable bonds is 11. The first kappa shape index (κ1) is 31.1. The van der Waals surface area contributed by atoms with Crippen LogP contribution < -0.4 is 9.47 Å². The number of hydrogen-bond donors (Lipinski definition) is 0. The molecule has 5 atom stereocenters. The Morgan fingerprint density at radius 3 is 1.97 bits per heavy atom. The maximum atomic E-state index is 13.0. The molecule has 1 saturated heterocycles. The Morgan fingerprint density at radius 2 is 1.41 bits per heavy atom. The Morgan fingerprint density at radius 1 is 0.821 bits per heavy atom. The molecule has 0 radical (unpaired) electrons. The second-order valence-corrected chi connectivity index (χ2v) is 8.19. The van der Waals surface area contributed by atoms with Crippen LogP contribution in [0.4, 0.5) is 0 Å². The van der Waals surface area contributed by atoms with Gasteiger partial charge in [0.25, 0.3) is 0 Å². The minimum Gasteiger partial charge on any atom is -0.493 e. The first-order valence-corrected chi connectivity index (χ1v) is 12.0. The van der Waals surface area contributed by atoms with Gasteiger partial charge in [-0.15, -0.1) is 0 Å². The number of allylic oxidation sites excluding steroid dienone is 1. The van der Waals surface area contributed by atoms with Crippen LogP contribution in [0.3, 0.4) is 0 Å². The normalized spacial score (nSPS) is 22.4. The van der Waals surface area contributed by atoms with Crippen molar-refractivity contribution in [2.45, 2.75) is 71.7 Å². The summed E-state index contributed by atoms with van der Waals surface area (Å²) in [5.74, 6) is -3.33. The summed E-state index contributed by atoms with van der Waals surface area (Å²) in [7, 11) is 1.52. The minimum atomic E-state index is -1.72. The second kappa shape index (κ2) is 14.7. The van der Waals surface area contributed by atoms with Crippen LogP contribution in [-0.4, -0.2) is 74.3 Å². The predicted octanol–water partition coefficient (Wildman–Crippen LogP) is 1.78. The van der Waals surface area contributed by atoms with Crippen LogP contribution in [0.25, 0.3) is 0 Å². The quantitative estimate of drug-likeness (QED) is 0.222. The van der Waals surface area contributed by atoms with E-state index < -0.39 is 60.6 Å². The van der Waals surface area contributed by atoms with Crippen LogP contribution in [0.1, 0.15) is 40.2 Å². The van der Waals surface area contributed by atoms with Crippen molar-refractivity contribution >= 4 is 29.8 Å². The Hall–Kier alpha value is -4.13. The van der Waals surface area contributed by atoms with Gasteiger partial charge in [-0.05, 0) is 37.1 Å². The van der Waals surface area contributed by atoms with E-state index in [9.17, 15) is 24.0 Å². The molecule has 214 valence electrons. The minimum absolute atomic E-state index is 0.343. The van der Waals surface area contributed by atoms with Gasteiger partial charge in [0.1, 0.15) is 0 Å². The summed E-state index contributed by atoms with van der Waals surface area (Å²) in [4.78, 5) is 60.1. The monoisotopic (exact) mass is 552 g/mol. The van der Waals surface area contributed by atoms with Gasteiger partial charge in [0.15, 0.2) is 29.8 Å². The van der Waals surface area contributed by atoms with Gasteiger partial charge in [-0.2, -0.15) is 0 Å². The number of carbonyl (C=O) groups excluding carboxylic acids is 5. The molecule has 1 fully saturated rings. The van der Waals surface area contributed by atoms with E-state index in [-0.39, 0.29) is 0 Å². The Kier molecular flexibility index (Phi) is 11.7. The number of esters is 5. The first-order chi connectivity index (χ1) is 18.5. The highest BCUT2D eigenvalue weighted by Crippen LogP contribution is 2.31. The Balaban J connectivity index is 2.27. The van der Waals surface area contributed by atoms with E-state index in [4.69, 9.17) is 37.9 Å². The van der Waals surface area contributed by atoms with E-state index >= 15 is 0 Å². The zero-order chi connectivity index (χ0) is 29.1. The van der Waals surface area contributed by atoms with Crippen molar-refractivity contribution in [3.8, 4) is 11.5 Å². The molecule has 0 aliphatic carbocycles. The van der Waals surface area contributed by atoms with Crippen LogP contribution in [0.2, 0.25) is 0 Å². The molecule has 0 unspecified atom stereocenters. The average molecular weight is 553 g/mol. The van der Waals surface area contributed by atoms with Gasteiger partial charge in [0.2, 0.25) is 12.4 Å². The molecule has 0 aromatic heterocycles. The summed E-state index contributed by atoms with van der Waals surface area (Å²) >= 11 is 0. The number of methoxy groups -OCH3 is 1. The van der Waals surface area contributed by atoms with E-state index in [2.05, 4.69) is 0 Å². The summed E-state index contributed by atoms with van der Waals surface area (Å²) < 4.78 is 42.2. The maximum Gasteiger partial charge on any atom is 0.344 e. The van der Waals surface area contributed by atoms with Gasteiger partial charge in [-0.25, -0.2) is 4.79 Å². The average Bonchev–Trinajstić information content (AvgIpc) is 2.84. The Bertz CT molecular complexity index is 1080. The van der Waals surface area contributed by atoms with Gasteiger partial charge in [-0.1, -0.05) is 6.07 Å². The van der Waals surface area contributed by atoms with E-state index in [0.717, 1.165) is 39.5 Å². The lowest BCUT2D eigenvalue weighted by atomic mass is 9.97. The highest BCUT2D eigenvalue weighted by Gasteiger charge is 2.56. The van der Waals surface area contributed by atoms with Crippen molar-refractivity contribution in [1.29, 1.82) is 0 Å². The SMILES string of the molecule is CCOc1ccc(C/C=C/OC(=O)[C@H]2O[C@@H](OC(C)=O)[C@H](OC(C)=O)[C@@H](OC(C)=O)[C@@H]2OC(C)=O)cc1OC. The summed E-state index contributed by atoms with van der Waals surface area (Å²) in [6.45, 7) is 6.54. The lowest BCUT2D eigenvalue weighted by molar-refractivity contribution is -0.293. The summed E-state index contributed by atoms with van der Waals surface area (Å²) in [6, 6.07) is 5.32. The third-order valence-corrected chi connectivity index (χ3v) is 5.08. The fourth-order valence-corrected chi connectivity index (χ4v) is 3.70. The van der Waals surface area contributed by atoms with Gasteiger partial charge >= 0.3 is 29.8 Å². The van der Waals surface area contributed by atoms with Crippen molar-refractivity contribution in [1.82, 2.24) is 0 Å². The van der Waals surface area contributed by atoms with Crippen LogP contribution in [0.5, 0.6) is 11.5 Å². The molecular formula is C26H32O13. The van der Waals surface area contributed by atoms with E-state index in [1.54, 1.807) is 12.1 Å². The Labute approximate surface area is 225 Å². The lowest BCUT2D eigenvalue weighted by Crippen LogP contribution is -2.64. The zero-order valence-corrected chi connectivity index (χ0v) is 22.5. The van der Waals surface area contributed by atoms with Gasteiger partial charge in [0, 0.05) is 27.7 Å². The molecule has 1 aromatic carbocycles. The molecule has 0 amide bonds. The van der Waals surface area contributed by atoms with Crippen molar-refractivity contribution < 1.29 is 61.9 Å². The van der Waals surface area contributed by atoms with E-state index in [1.165, 1.54) is 13.2 Å². The molecule has 1 heterocycles. The molecule has 0 bridgehead atoms. The van der Waals surface area contributed by atoms with E-state index in [0.29, 0.717) is 24.5 Å². The van der Waals surface area contributed by atoms with Crippen LogP contribution in [-0.2, 0) is 58.8 Å². The molecule has 0 spiro atoms. The fraction of sp³-hybridized carbons (Fsp3) is 0.500. The molecule has 13 heteroatoms. The molecule has 13 nitrogen and oxygen atoms in total. The highest BCUT2D eigenvalue weighted by atomic mass is 16.7.